The van der Waals surface area contributed by atoms with Crippen molar-refractivity contribution in [3.8, 4) is 0 Å². The van der Waals surface area contributed by atoms with E-state index in [2.05, 4.69) is 10.1 Å². The zero-order valence-electron chi connectivity index (χ0n) is 11.1. The molecule has 104 valence electrons. The summed E-state index contributed by atoms with van der Waals surface area (Å²) in [5, 5.41) is 12.3. The van der Waals surface area contributed by atoms with Crippen molar-refractivity contribution in [2.45, 2.75) is 6.54 Å². The van der Waals surface area contributed by atoms with Gasteiger partial charge in [0.25, 0.3) is 0 Å². The molecule has 0 radical (unpaired) electrons. The van der Waals surface area contributed by atoms with Crippen LogP contribution < -0.4 is 10.6 Å². The van der Waals surface area contributed by atoms with E-state index in [4.69, 9.17) is 22.5 Å². The van der Waals surface area contributed by atoms with Crippen LogP contribution in [0.2, 0.25) is 5.02 Å². The molecule has 0 unspecified atom stereocenters. The molecule has 2 aromatic rings. The number of anilines is 1. The third-order valence-electron chi connectivity index (χ3n) is 3.04. The molecule has 0 saturated heterocycles. The van der Waals surface area contributed by atoms with E-state index in [-0.39, 0.29) is 5.84 Å². The van der Waals surface area contributed by atoms with Crippen LogP contribution in [0.5, 0.6) is 0 Å². The first-order valence-corrected chi connectivity index (χ1v) is 6.51. The predicted molar refractivity (Wildman–Crippen MR) is 82.5 cm³/mol. The molecule has 0 spiro atoms. The normalized spacial score (nSPS) is 11.4. The molecule has 0 aliphatic carbocycles. The van der Waals surface area contributed by atoms with E-state index in [1.54, 1.807) is 0 Å². The van der Waals surface area contributed by atoms with Gasteiger partial charge < -0.3 is 15.8 Å². The van der Waals surface area contributed by atoms with E-state index >= 15 is 0 Å². The fraction of sp³-hybridized carbons (Fsp3) is 0.133. The lowest BCUT2D eigenvalue weighted by atomic mass is 10.1. The highest BCUT2D eigenvalue weighted by atomic mass is 35.5. The fourth-order valence-electron chi connectivity index (χ4n) is 1.90. The van der Waals surface area contributed by atoms with Gasteiger partial charge in [0.1, 0.15) is 0 Å². The number of hydrogen-bond acceptors (Lipinski definition) is 3. The summed E-state index contributed by atoms with van der Waals surface area (Å²) in [5.74, 6) is 0.108. The van der Waals surface area contributed by atoms with Gasteiger partial charge in [-0.3, -0.25) is 0 Å². The molecule has 4 nitrogen and oxygen atoms in total. The molecule has 3 N–H and O–H groups in total. The first kappa shape index (κ1) is 14.2. The van der Waals surface area contributed by atoms with Crippen LogP contribution in [0.1, 0.15) is 11.1 Å². The summed E-state index contributed by atoms with van der Waals surface area (Å²) in [4.78, 5) is 2.11. The van der Waals surface area contributed by atoms with E-state index < -0.39 is 0 Å². The van der Waals surface area contributed by atoms with Crippen molar-refractivity contribution < 1.29 is 5.21 Å². The van der Waals surface area contributed by atoms with Gasteiger partial charge in [0, 0.05) is 29.9 Å². The van der Waals surface area contributed by atoms with Crippen LogP contribution >= 0.6 is 11.6 Å². The molecule has 0 heterocycles. The molecule has 2 aromatic carbocycles. The largest absolute Gasteiger partial charge is 0.409 e. The minimum Gasteiger partial charge on any atom is -0.409 e. The maximum absolute atomic E-state index is 8.63. The maximum atomic E-state index is 8.63. The number of hydrogen-bond donors (Lipinski definition) is 2. The Bertz CT molecular complexity index is 594. The molecule has 0 saturated carbocycles. The van der Waals surface area contributed by atoms with E-state index in [1.807, 2.05) is 55.6 Å². The van der Waals surface area contributed by atoms with E-state index in [1.165, 1.54) is 5.56 Å². The highest BCUT2D eigenvalue weighted by Gasteiger charge is 2.04. The molecule has 20 heavy (non-hydrogen) atoms. The van der Waals surface area contributed by atoms with Gasteiger partial charge in [-0.2, -0.15) is 0 Å². The maximum Gasteiger partial charge on any atom is 0.170 e. The first-order valence-electron chi connectivity index (χ1n) is 6.13. The Hall–Kier alpha value is -2.20. The Kier molecular flexibility index (Phi) is 4.48. The number of nitrogens with two attached hydrogens (primary N) is 1. The van der Waals surface area contributed by atoms with Crippen molar-refractivity contribution in [2.24, 2.45) is 10.9 Å². The Morgan fingerprint density at radius 1 is 1.15 bits per heavy atom. The lowest BCUT2D eigenvalue weighted by molar-refractivity contribution is 0.318. The predicted octanol–water partition coefficient (Wildman–Crippen LogP) is 3.07. The van der Waals surface area contributed by atoms with Crippen LogP contribution in [-0.2, 0) is 6.54 Å². The third kappa shape index (κ3) is 3.42. The summed E-state index contributed by atoms with van der Waals surface area (Å²) in [5.41, 5.74) is 8.45. The van der Waals surface area contributed by atoms with Gasteiger partial charge in [0.05, 0.1) is 0 Å². The second-order valence-corrected chi connectivity index (χ2v) is 4.95. The average molecular weight is 290 g/mol. The zero-order chi connectivity index (χ0) is 14.5. The topological polar surface area (TPSA) is 61.8 Å². The van der Waals surface area contributed by atoms with Crippen LogP contribution in [0.3, 0.4) is 0 Å². The van der Waals surface area contributed by atoms with Crippen molar-refractivity contribution in [1.29, 1.82) is 0 Å². The summed E-state index contributed by atoms with van der Waals surface area (Å²) >= 11 is 5.87. The highest BCUT2D eigenvalue weighted by Crippen LogP contribution is 2.17. The number of benzene rings is 2. The lowest BCUT2D eigenvalue weighted by Crippen LogP contribution is -2.17. The van der Waals surface area contributed by atoms with Crippen molar-refractivity contribution in [1.82, 2.24) is 0 Å². The summed E-state index contributed by atoms with van der Waals surface area (Å²) in [7, 11) is 2.01. The zero-order valence-corrected chi connectivity index (χ0v) is 11.9. The van der Waals surface area contributed by atoms with Gasteiger partial charge in [-0.25, -0.2) is 0 Å². The van der Waals surface area contributed by atoms with Gasteiger partial charge in [0.2, 0.25) is 0 Å². The average Bonchev–Trinajstić information content (AvgIpc) is 2.49. The second-order valence-electron chi connectivity index (χ2n) is 4.51. The van der Waals surface area contributed by atoms with Gasteiger partial charge in [0.15, 0.2) is 5.84 Å². The quantitative estimate of drug-likeness (QED) is 0.393. The standard InChI is InChI=1S/C15H16ClN3O/c1-19(10-11-2-6-13(16)7-3-11)14-8-4-12(5-9-14)15(17)18-20/h2-9,20H,10H2,1H3,(H2,17,18). The molecular weight excluding hydrogens is 274 g/mol. The smallest absolute Gasteiger partial charge is 0.170 e. The van der Waals surface area contributed by atoms with Crippen LogP contribution in [0, 0.1) is 0 Å². The molecule has 5 heteroatoms. The number of rotatable bonds is 4. The molecule has 2 rings (SSSR count). The molecule has 0 amide bonds. The lowest BCUT2D eigenvalue weighted by Gasteiger charge is -2.19. The minimum atomic E-state index is 0.108. The highest BCUT2D eigenvalue weighted by molar-refractivity contribution is 6.30. The van der Waals surface area contributed by atoms with Gasteiger partial charge in [-0.15, -0.1) is 0 Å². The van der Waals surface area contributed by atoms with Crippen molar-refractivity contribution in [2.75, 3.05) is 11.9 Å². The minimum absolute atomic E-state index is 0.108. The van der Waals surface area contributed by atoms with E-state index in [0.29, 0.717) is 5.56 Å². The molecule has 0 atom stereocenters. The van der Waals surface area contributed by atoms with Gasteiger partial charge >= 0.3 is 0 Å². The van der Waals surface area contributed by atoms with Crippen molar-refractivity contribution in [3.63, 3.8) is 0 Å². The Labute approximate surface area is 123 Å². The molecule has 0 fully saturated rings. The monoisotopic (exact) mass is 289 g/mol. The van der Waals surface area contributed by atoms with Crippen LogP contribution in [0.4, 0.5) is 5.69 Å². The molecule has 0 bridgehead atoms. The summed E-state index contributed by atoms with van der Waals surface area (Å²) < 4.78 is 0. The van der Waals surface area contributed by atoms with E-state index in [9.17, 15) is 0 Å². The number of nitrogens with zero attached hydrogens (tertiary/aromatic N) is 2. The van der Waals surface area contributed by atoms with Crippen molar-refractivity contribution >= 4 is 23.1 Å². The van der Waals surface area contributed by atoms with Crippen LogP contribution in [0.15, 0.2) is 53.7 Å². The van der Waals surface area contributed by atoms with Gasteiger partial charge in [-0.05, 0) is 42.0 Å². The number of amidine groups is 1. The van der Waals surface area contributed by atoms with Crippen LogP contribution in [0.25, 0.3) is 0 Å². The molecule has 0 aliphatic rings. The Morgan fingerprint density at radius 3 is 2.30 bits per heavy atom. The number of halogens is 1. The summed E-state index contributed by atoms with van der Waals surface area (Å²) in [6.07, 6.45) is 0. The summed E-state index contributed by atoms with van der Waals surface area (Å²) in [6.45, 7) is 0.778. The Morgan fingerprint density at radius 2 is 1.75 bits per heavy atom. The first-order chi connectivity index (χ1) is 9.60. The SMILES string of the molecule is CN(Cc1ccc(Cl)cc1)c1ccc(C(N)=NO)cc1. The summed E-state index contributed by atoms with van der Waals surface area (Å²) in [6, 6.07) is 15.3. The van der Waals surface area contributed by atoms with Crippen LogP contribution in [-0.4, -0.2) is 18.1 Å². The van der Waals surface area contributed by atoms with Gasteiger partial charge in [-0.1, -0.05) is 28.9 Å². The molecular formula is C15H16ClN3O. The fourth-order valence-corrected chi connectivity index (χ4v) is 2.03. The third-order valence-corrected chi connectivity index (χ3v) is 3.30. The van der Waals surface area contributed by atoms with Crippen molar-refractivity contribution in [3.05, 3.63) is 64.7 Å². The van der Waals surface area contributed by atoms with E-state index in [0.717, 1.165) is 17.3 Å². The molecule has 0 aromatic heterocycles. The molecule has 0 aliphatic heterocycles. The number of oxime groups is 1. The second kappa shape index (κ2) is 6.30. The Balaban J connectivity index is 2.09.